The van der Waals surface area contributed by atoms with Crippen LogP contribution >= 0.6 is 11.3 Å². The first-order valence-electron chi connectivity index (χ1n) is 12.0. The summed E-state index contributed by atoms with van der Waals surface area (Å²) in [5.41, 5.74) is 9.72. The summed E-state index contributed by atoms with van der Waals surface area (Å²) in [4.78, 5) is 0. The first-order valence-corrected chi connectivity index (χ1v) is 12.9. The van der Waals surface area contributed by atoms with Crippen LogP contribution in [0, 0.1) is 0 Å². The zero-order chi connectivity index (χ0) is 24.5. The van der Waals surface area contributed by atoms with Crippen LogP contribution in [0.15, 0.2) is 121 Å². The molecule has 0 aliphatic carbocycles. The zero-order valence-corrected chi connectivity index (χ0v) is 21.1. The molecule has 0 aliphatic rings. The van der Waals surface area contributed by atoms with Crippen LogP contribution in [-0.2, 0) is 7.05 Å². The topological polar surface area (TPSA) is 13.1 Å². The van der Waals surface area contributed by atoms with Crippen LogP contribution in [-0.4, -0.2) is 7.11 Å². The normalized spacial score (nSPS) is 11.1. The van der Waals surface area contributed by atoms with Gasteiger partial charge in [0, 0.05) is 6.07 Å². The van der Waals surface area contributed by atoms with Crippen LogP contribution in [0.3, 0.4) is 0 Å². The molecule has 0 spiro atoms. The van der Waals surface area contributed by atoms with Crippen LogP contribution < -0.4 is 9.30 Å². The van der Waals surface area contributed by atoms with Crippen LogP contribution in [0.2, 0.25) is 0 Å². The van der Waals surface area contributed by atoms with E-state index < -0.39 is 0 Å². The molecule has 0 saturated carbocycles. The van der Waals surface area contributed by atoms with Crippen LogP contribution in [0.25, 0.3) is 54.2 Å². The molecule has 6 aromatic rings. The maximum atomic E-state index is 5.41. The van der Waals surface area contributed by atoms with E-state index in [9.17, 15) is 0 Å². The van der Waals surface area contributed by atoms with Gasteiger partial charge in [0.1, 0.15) is 17.5 Å². The molecule has 0 N–H and O–H groups in total. The largest absolute Gasteiger partial charge is 0.497 e. The van der Waals surface area contributed by atoms with Crippen molar-refractivity contribution >= 4 is 21.6 Å². The average Bonchev–Trinajstić information content (AvgIpc) is 3.29. The minimum absolute atomic E-state index is 0.860. The maximum absolute atomic E-state index is 5.41. The number of nitrogens with zero attached hydrogens (tertiary/aromatic N) is 1. The Morgan fingerprint density at radius 1 is 0.583 bits per heavy atom. The van der Waals surface area contributed by atoms with Gasteiger partial charge in [0.05, 0.1) is 12.7 Å². The number of benzene rings is 5. The van der Waals surface area contributed by atoms with Crippen molar-refractivity contribution in [1.82, 2.24) is 0 Å². The summed E-state index contributed by atoms with van der Waals surface area (Å²) in [5, 5.41) is 1.25. The third kappa shape index (κ3) is 3.98. The van der Waals surface area contributed by atoms with Crippen molar-refractivity contribution in [1.29, 1.82) is 0 Å². The monoisotopic (exact) mass is 484 g/mol. The Labute approximate surface area is 215 Å². The Morgan fingerprint density at radius 3 is 1.69 bits per heavy atom. The molecule has 0 saturated heterocycles. The number of para-hydroxylation sites is 1. The fraction of sp³-hybridized carbons (Fsp3) is 0.0606. The molecule has 3 heteroatoms. The molecule has 0 fully saturated rings. The van der Waals surface area contributed by atoms with Crippen molar-refractivity contribution in [2.75, 3.05) is 7.11 Å². The fourth-order valence-corrected chi connectivity index (χ4v) is 6.06. The highest BCUT2D eigenvalue weighted by Gasteiger charge is 2.26. The van der Waals surface area contributed by atoms with Gasteiger partial charge in [-0.1, -0.05) is 96.3 Å². The Bertz CT molecular complexity index is 1590. The Hall–Kier alpha value is -4.21. The van der Waals surface area contributed by atoms with E-state index in [2.05, 4.69) is 121 Å². The predicted octanol–water partition coefficient (Wildman–Crippen LogP) is 8.40. The van der Waals surface area contributed by atoms with Crippen molar-refractivity contribution in [2.45, 2.75) is 0 Å². The third-order valence-electron chi connectivity index (χ3n) is 6.68. The number of methoxy groups -OCH3 is 1. The number of fused-ring (bicyclic) bond motifs is 1. The first kappa shape index (κ1) is 22.3. The highest BCUT2D eigenvalue weighted by molar-refractivity contribution is 7.21. The lowest BCUT2D eigenvalue weighted by atomic mass is 9.88. The number of hydrogen-bond donors (Lipinski definition) is 0. The van der Waals surface area contributed by atoms with E-state index in [0.29, 0.717) is 0 Å². The molecule has 2 nitrogen and oxygen atoms in total. The van der Waals surface area contributed by atoms with Gasteiger partial charge in [0.15, 0.2) is 0 Å². The fourth-order valence-electron chi connectivity index (χ4n) is 4.83. The van der Waals surface area contributed by atoms with Gasteiger partial charge in [0.2, 0.25) is 5.52 Å². The van der Waals surface area contributed by atoms with Crippen LogP contribution in [0.5, 0.6) is 5.75 Å². The zero-order valence-electron chi connectivity index (χ0n) is 20.3. The van der Waals surface area contributed by atoms with Gasteiger partial charge in [-0.3, -0.25) is 0 Å². The lowest BCUT2D eigenvalue weighted by Crippen LogP contribution is -2.28. The average molecular weight is 485 g/mol. The molecule has 0 aliphatic heterocycles. The summed E-state index contributed by atoms with van der Waals surface area (Å²) in [6.45, 7) is 0. The maximum Gasteiger partial charge on any atom is 0.271 e. The van der Waals surface area contributed by atoms with Crippen molar-refractivity contribution in [3.63, 3.8) is 0 Å². The lowest BCUT2D eigenvalue weighted by Gasteiger charge is -2.16. The molecule has 0 atom stereocenters. The van der Waals surface area contributed by atoms with Gasteiger partial charge in [-0.2, -0.15) is 4.57 Å². The van der Waals surface area contributed by atoms with Crippen molar-refractivity contribution in [3.8, 4) is 49.7 Å². The molecule has 36 heavy (non-hydrogen) atoms. The second-order valence-corrected chi connectivity index (χ2v) is 9.87. The molecule has 5 aromatic carbocycles. The molecule has 1 heterocycles. The highest BCUT2D eigenvalue weighted by atomic mass is 32.1. The number of hydrogen-bond acceptors (Lipinski definition) is 2. The van der Waals surface area contributed by atoms with Gasteiger partial charge >= 0.3 is 0 Å². The summed E-state index contributed by atoms with van der Waals surface area (Å²) in [5.74, 6) is 0.860. The summed E-state index contributed by atoms with van der Waals surface area (Å²) in [7, 11) is 3.88. The van der Waals surface area contributed by atoms with E-state index in [1.807, 2.05) is 23.5 Å². The van der Waals surface area contributed by atoms with Gasteiger partial charge in [-0.05, 0) is 63.7 Å². The molecular formula is C33H26NOS+. The lowest BCUT2D eigenvalue weighted by molar-refractivity contribution is -0.629. The number of aromatic nitrogens is 1. The molecule has 174 valence electrons. The van der Waals surface area contributed by atoms with Gasteiger partial charge < -0.3 is 4.74 Å². The number of rotatable bonds is 5. The van der Waals surface area contributed by atoms with Crippen LogP contribution in [0.1, 0.15) is 0 Å². The molecule has 6 rings (SSSR count). The minimum atomic E-state index is 0.860. The smallest absolute Gasteiger partial charge is 0.271 e. The minimum Gasteiger partial charge on any atom is -0.497 e. The Balaban J connectivity index is 1.71. The van der Waals surface area contributed by atoms with Gasteiger partial charge in [-0.25, -0.2) is 0 Å². The number of ether oxygens (including phenoxy) is 1. The highest BCUT2D eigenvalue weighted by Crippen LogP contribution is 2.44. The van der Waals surface area contributed by atoms with Gasteiger partial charge in [0.25, 0.3) is 5.01 Å². The van der Waals surface area contributed by atoms with E-state index in [4.69, 9.17) is 4.74 Å². The second-order valence-electron chi connectivity index (χ2n) is 8.84. The third-order valence-corrected chi connectivity index (χ3v) is 7.92. The predicted molar refractivity (Wildman–Crippen MR) is 151 cm³/mol. The Kier molecular flexibility index (Phi) is 5.84. The summed E-state index contributed by atoms with van der Waals surface area (Å²) in [6.07, 6.45) is 0. The number of aryl methyl sites for hydroxylation is 1. The van der Waals surface area contributed by atoms with E-state index >= 15 is 0 Å². The Morgan fingerprint density at radius 2 is 1.14 bits per heavy atom. The summed E-state index contributed by atoms with van der Waals surface area (Å²) < 4.78 is 9.03. The first-order chi connectivity index (χ1) is 17.7. The van der Waals surface area contributed by atoms with E-state index in [0.717, 1.165) is 11.3 Å². The molecule has 0 bridgehead atoms. The summed E-state index contributed by atoms with van der Waals surface area (Å²) >= 11 is 1.85. The van der Waals surface area contributed by atoms with E-state index in [-0.39, 0.29) is 0 Å². The van der Waals surface area contributed by atoms with Gasteiger partial charge in [-0.15, -0.1) is 0 Å². The van der Waals surface area contributed by atoms with Crippen molar-refractivity contribution in [2.24, 2.45) is 7.05 Å². The molecule has 0 radical (unpaired) electrons. The molecule has 0 unspecified atom stereocenters. The van der Waals surface area contributed by atoms with Crippen LogP contribution in [0.4, 0.5) is 0 Å². The molecule has 1 aromatic heterocycles. The summed E-state index contributed by atoms with van der Waals surface area (Å²) in [6, 6.07) is 43.1. The van der Waals surface area contributed by atoms with E-state index in [1.165, 1.54) is 48.6 Å². The standard InChI is InChI=1S/C33H26NOS/c1-34-30-15-9-10-16-31(30)36-33(34)32-28(24-11-5-3-6-12-24)21-26(23-17-19-27(35-2)20-18-23)22-29(32)25-13-7-4-8-14-25/h3-22H,1-2H3/q+1. The quantitative estimate of drug-likeness (QED) is 0.224. The SMILES string of the molecule is COc1ccc(-c2cc(-c3ccccc3)c(-c3sc4ccccc4[n+]3C)c(-c3ccccc3)c2)cc1. The van der Waals surface area contributed by atoms with Crippen molar-refractivity contribution < 1.29 is 9.30 Å². The number of thiazole rings is 1. The van der Waals surface area contributed by atoms with E-state index in [1.54, 1.807) is 7.11 Å². The molecule has 0 amide bonds. The molecular weight excluding hydrogens is 458 g/mol. The second kappa shape index (κ2) is 9.44. The van der Waals surface area contributed by atoms with Crippen molar-refractivity contribution in [3.05, 3.63) is 121 Å².